The average Bonchev–Trinajstić information content (AvgIpc) is 2.18. The molecule has 0 heterocycles. The highest BCUT2D eigenvalue weighted by Crippen LogP contribution is 2.00. The van der Waals surface area contributed by atoms with E-state index in [1.807, 2.05) is 30.3 Å². The molecule has 15 heavy (non-hydrogen) atoms. The van der Waals surface area contributed by atoms with Crippen LogP contribution in [0.3, 0.4) is 0 Å². The molecule has 0 radical (unpaired) electrons. The van der Waals surface area contributed by atoms with Gasteiger partial charge in [0, 0.05) is 0 Å². The molecule has 0 saturated heterocycles. The van der Waals surface area contributed by atoms with Crippen molar-refractivity contribution in [2.24, 2.45) is 0 Å². The Morgan fingerprint density at radius 1 is 1.33 bits per heavy atom. The molecule has 0 bridgehead atoms. The van der Waals surface area contributed by atoms with Gasteiger partial charge in [-0.3, -0.25) is 9.00 Å². The highest BCUT2D eigenvalue weighted by Gasteiger charge is 2.05. The second-order valence-corrected chi connectivity index (χ2v) is 4.33. The summed E-state index contributed by atoms with van der Waals surface area (Å²) in [5.74, 6) is -1.48. The average molecular weight is 228 g/mol. The Hall–Kier alpha value is -1.20. The summed E-state index contributed by atoms with van der Waals surface area (Å²) >= 11 is 0. The maximum Gasteiger partial charge on any atom is 0.316 e. The standard InChI is InChI=1S/C10H12O4S/c11-10(12)7-15(13)8-14-6-9-4-2-1-3-5-9/h1-5H,6-8H2,(H,11,12). The Balaban J connectivity index is 2.22. The van der Waals surface area contributed by atoms with Crippen LogP contribution < -0.4 is 0 Å². The Morgan fingerprint density at radius 3 is 2.60 bits per heavy atom. The van der Waals surface area contributed by atoms with Crippen molar-refractivity contribution < 1.29 is 18.8 Å². The third-order valence-corrected chi connectivity index (χ3v) is 2.61. The monoisotopic (exact) mass is 228 g/mol. The Labute approximate surface area is 90.3 Å². The molecule has 0 aliphatic heterocycles. The van der Waals surface area contributed by atoms with Gasteiger partial charge >= 0.3 is 5.97 Å². The molecule has 1 N–H and O–H groups in total. The van der Waals surface area contributed by atoms with Crippen LogP contribution in [0.15, 0.2) is 30.3 Å². The Kier molecular flexibility index (Phi) is 5.00. The SMILES string of the molecule is O=C(O)CS(=O)COCc1ccccc1. The van der Waals surface area contributed by atoms with Gasteiger partial charge in [-0.15, -0.1) is 0 Å². The fourth-order valence-corrected chi connectivity index (χ4v) is 1.63. The molecule has 0 fully saturated rings. The summed E-state index contributed by atoms with van der Waals surface area (Å²) in [6.07, 6.45) is 0. The van der Waals surface area contributed by atoms with Crippen LogP contribution in [0.4, 0.5) is 0 Å². The summed E-state index contributed by atoms with van der Waals surface area (Å²) < 4.78 is 16.2. The first-order valence-corrected chi connectivity index (χ1v) is 5.85. The maximum atomic E-state index is 11.0. The van der Waals surface area contributed by atoms with Crippen molar-refractivity contribution in [3.63, 3.8) is 0 Å². The first kappa shape index (κ1) is 11.9. The summed E-state index contributed by atoms with van der Waals surface area (Å²) in [4.78, 5) is 10.2. The third-order valence-electron chi connectivity index (χ3n) is 1.61. The van der Waals surface area contributed by atoms with E-state index in [1.165, 1.54) is 0 Å². The summed E-state index contributed by atoms with van der Waals surface area (Å²) in [5.41, 5.74) is 0.977. The zero-order valence-corrected chi connectivity index (χ0v) is 8.90. The first-order chi connectivity index (χ1) is 7.18. The molecule has 1 atom stereocenters. The number of carbonyl (C=O) groups is 1. The lowest BCUT2D eigenvalue weighted by Crippen LogP contribution is -2.13. The Morgan fingerprint density at radius 2 is 2.00 bits per heavy atom. The highest BCUT2D eigenvalue weighted by atomic mass is 32.2. The maximum absolute atomic E-state index is 11.0. The number of rotatable bonds is 6. The molecule has 0 aliphatic rings. The van der Waals surface area contributed by atoms with Gasteiger partial charge in [0.2, 0.25) is 0 Å². The number of aliphatic carboxylic acids is 1. The van der Waals surface area contributed by atoms with Gasteiger partial charge in [-0.05, 0) is 5.56 Å². The summed E-state index contributed by atoms with van der Waals surface area (Å²) in [5, 5.41) is 8.35. The van der Waals surface area contributed by atoms with E-state index in [-0.39, 0.29) is 11.7 Å². The van der Waals surface area contributed by atoms with Gasteiger partial charge in [0.05, 0.1) is 17.4 Å². The van der Waals surface area contributed by atoms with Crippen LogP contribution in [0, 0.1) is 0 Å². The van der Waals surface area contributed by atoms with E-state index in [4.69, 9.17) is 9.84 Å². The number of hydrogen-bond acceptors (Lipinski definition) is 3. The van der Waals surface area contributed by atoms with Crippen LogP contribution in [0.1, 0.15) is 5.56 Å². The van der Waals surface area contributed by atoms with E-state index in [0.717, 1.165) is 5.56 Å². The number of benzene rings is 1. The van der Waals surface area contributed by atoms with Crippen LogP contribution in [0.25, 0.3) is 0 Å². The minimum atomic E-state index is -1.45. The van der Waals surface area contributed by atoms with Gasteiger partial charge in [0.25, 0.3) is 0 Å². The number of hydrogen-bond donors (Lipinski definition) is 1. The lowest BCUT2D eigenvalue weighted by molar-refractivity contribution is -0.134. The molecule has 0 spiro atoms. The van der Waals surface area contributed by atoms with E-state index >= 15 is 0 Å². The van der Waals surface area contributed by atoms with Gasteiger partial charge in [0.15, 0.2) is 0 Å². The van der Waals surface area contributed by atoms with Crippen LogP contribution >= 0.6 is 0 Å². The van der Waals surface area contributed by atoms with Crippen molar-refractivity contribution in [3.8, 4) is 0 Å². The molecule has 1 aromatic rings. The molecular weight excluding hydrogens is 216 g/mol. The van der Waals surface area contributed by atoms with Crippen LogP contribution in [0.5, 0.6) is 0 Å². The molecule has 0 saturated carbocycles. The second kappa shape index (κ2) is 6.31. The molecule has 1 rings (SSSR count). The normalized spacial score (nSPS) is 12.3. The molecule has 5 heteroatoms. The Bertz CT molecular complexity index is 337. The first-order valence-electron chi connectivity index (χ1n) is 4.37. The van der Waals surface area contributed by atoms with Gasteiger partial charge in [0.1, 0.15) is 11.7 Å². The molecule has 0 aromatic heterocycles. The number of carboxylic acid groups (broad SMARTS) is 1. The van der Waals surface area contributed by atoms with Crippen molar-refractivity contribution in [3.05, 3.63) is 35.9 Å². The van der Waals surface area contributed by atoms with E-state index < -0.39 is 16.8 Å². The minimum absolute atomic E-state index is 0.0405. The van der Waals surface area contributed by atoms with Crippen LogP contribution in [0.2, 0.25) is 0 Å². The van der Waals surface area contributed by atoms with Crippen molar-refractivity contribution in [1.29, 1.82) is 0 Å². The summed E-state index contributed by atoms with van der Waals surface area (Å²) in [7, 11) is -1.45. The molecule has 82 valence electrons. The lowest BCUT2D eigenvalue weighted by Gasteiger charge is -2.02. The van der Waals surface area contributed by atoms with Crippen molar-refractivity contribution in [2.45, 2.75) is 6.61 Å². The molecule has 0 amide bonds. The quantitative estimate of drug-likeness (QED) is 0.788. The van der Waals surface area contributed by atoms with Crippen LogP contribution in [-0.2, 0) is 26.9 Å². The molecule has 4 nitrogen and oxygen atoms in total. The fourth-order valence-electron chi connectivity index (χ4n) is 1.01. The van der Waals surface area contributed by atoms with Crippen molar-refractivity contribution in [1.82, 2.24) is 0 Å². The predicted octanol–water partition coefficient (Wildman–Crippen LogP) is 0.994. The molecule has 1 unspecified atom stereocenters. The van der Waals surface area contributed by atoms with Gasteiger partial charge in [-0.25, -0.2) is 0 Å². The summed E-state index contributed by atoms with van der Waals surface area (Å²) in [6, 6.07) is 9.44. The van der Waals surface area contributed by atoms with E-state index in [9.17, 15) is 9.00 Å². The second-order valence-electron chi connectivity index (χ2n) is 2.93. The zero-order chi connectivity index (χ0) is 11.1. The summed E-state index contributed by atoms with van der Waals surface area (Å²) in [6.45, 7) is 0.353. The lowest BCUT2D eigenvalue weighted by atomic mass is 10.2. The number of carboxylic acids is 1. The van der Waals surface area contributed by atoms with Crippen molar-refractivity contribution in [2.75, 3.05) is 11.7 Å². The molecule has 0 aliphatic carbocycles. The number of ether oxygens (including phenoxy) is 1. The molecule has 1 aromatic carbocycles. The van der Waals surface area contributed by atoms with Crippen LogP contribution in [-0.4, -0.2) is 27.0 Å². The van der Waals surface area contributed by atoms with E-state index in [1.54, 1.807) is 0 Å². The zero-order valence-electron chi connectivity index (χ0n) is 8.09. The highest BCUT2D eigenvalue weighted by molar-refractivity contribution is 7.85. The van der Waals surface area contributed by atoms with E-state index in [2.05, 4.69) is 0 Å². The van der Waals surface area contributed by atoms with Crippen molar-refractivity contribution >= 4 is 16.8 Å². The van der Waals surface area contributed by atoms with E-state index in [0.29, 0.717) is 6.61 Å². The topological polar surface area (TPSA) is 63.6 Å². The smallest absolute Gasteiger partial charge is 0.316 e. The fraction of sp³-hybridized carbons (Fsp3) is 0.300. The van der Waals surface area contributed by atoms with Gasteiger partial charge in [-0.1, -0.05) is 30.3 Å². The van der Waals surface area contributed by atoms with Gasteiger partial charge < -0.3 is 9.84 Å². The predicted molar refractivity (Wildman–Crippen MR) is 56.7 cm³/mol. The largest absolute Gasteiger partial charge is 0.481 e. The molecular formula is C10H12O4S. The van der Waals surface area contributed by atoms with Gasteiger partial charge in [-0.2, -0.15) is 0 Å². The minimum Gasteiger partial charge on any atom is -0.481 e. The third kappa shape index (κ3) is 5.29.